The molecular formula is C19H14F4N4O4. The van der Waals surface area contributed by atoms with Gasteiger partial charge in [0.15, 0.2) is 34.7 Å². The summed E-state index contributed by atoms with van der Waals surface area (Å²) in [7, 11) is 4.20. The first kappa shape index (κ1) is 21.7. The van der Waals surface area contributed by atoms with Gasteiger partial charge in [0.2, 0.25) is 0 Å². The van der Waals surface area contributed by atoms with E-state index in [1.54, 1.807) is 0 Å². The zero-order valence-electron chi connectivity index (χ0n) is 16.3. The minimum absolute atomic E-state index is 0.0288. The van der Waals surface area contributed by atoms with Crippen LogP contribution in [0.1, 0.15) is 21.0 Å². The predicted octanol–water partition coefficient (Wildman–Crippen LogP) is 3.19. The Balaban J connectivity index is 0.000000176. The van der Waals surface area contributed by atoms with Gasteiger partial charge in [0.1, 0.15) is 0 Å². The molecule has 0 saturated heterocycles. The number of nitrogens with zero attached hydrogens (tertiary/aromatic N) is 4. The van der Waals surface area contributed by atoms with Gasteiger partial charge in [0.25, 0.3) is 0 Å². The summed E-state index contributed by atoms with van der Waals surface area (Å²) in [6.45, 7) is 0. The normalized spacial score (nSPS) is 10.8. The van der Waals surface area contributed by atoms with Gasteiger partial charge in [-0.2, -0.15) is 10.2 Å². The van der Waals surface area contributed by atoms with Gasteiger partial charge in [-0.15, -0.1) is 0 Å². The molecule has 0 atom stereocenters. The maximum Gasteiger partial charge on any atom is 0.359 e. The van der Waals surface area contributed by atoms with E-state index in [-0.39, 0.29) is 27.7 Å². The Kier molecular flexibility index (Phi) is 5.64. The smallest absolute Gasteiger partial charge is 0.359 e. The molecule has 0 amide bonds. The molecule has 0 radical (unpaired) electrons. The summed E-state index contributed by atoms with van der Waals surface area (Å²) in [5.74, 6) is -6.07. The fourth-order valence-electron chi connectivity index (χ4n) is 2.91. The van der Waals surface area contributed by atoms with Gasteiger partial charge in [0.05, 0.1) is 18.1 Å². The molecule has 31 heavy (non-hydrogen) atoms. The Morgan fingerprint density at radius 2 is 1.19 bits per heavy atom. The first-order valence-corrected chi connectivity index (χ1v) is 8.50. The molecule has 0 saturated carbocycles. The zero-order valence-corrected chi connectivity index (χ0v) is 16.3. The fourth-order valence-corrected chi connectivity index (χ4v) is 2.91. The molecule has 2 heterocycles. The van der Waals surface area contributed by atoms with Crippen molar-refractivity contribution in [1.82, 2.24) is 19.6 Å². The standard InChI is InChI=1S/C10H8F2N2O2.C9H6F2N2O2/c1-14-8-4-7(12)6(11)3-5(8)9(13-14)10(15)16-2;1-13-7-3-6(11)5(10)2-4(7)8(12-13)9(14)15/h3-4H,1-2H3;2-3H,1H3,(H,14,15). The van der Waals surface area contributed by atoms with Gasteiger partial charge in [0, 0.05) is 37.0 Å². The highest BCUT2D eigenvalue weighted by atomic mass is 19.2. The van der Waals surface area contributed by atoms with Crippen molar-refractivity contribution in [2.75, 3.05) is 7.11 Å². The Morgan fingerprint density at radius 1 is 0.806 bits per heavy atom. The molecule has 12 heteroatoms. The lowest BCUT2D eigenvalue weighted by Gasteiger charge is -1.96. The molecule has 162 valence electrons. The second kappa shape index (κ2) is 8.05. The van der Waals surface area contributed by atoms with Crippen LogP contribution in [0, 0.1) is 23.3 Å². The Hall–Kier alpha value is -3.96. The highest BCUT2D eigenvalue weighted by Gasteiger charge is 2.19. The van der Waals surface area contributed by atoms with Crippen molar-refractivity contribution >= 4 is 33.7 Å². The number of rotatable bonds is 2. The van der Waals surface area contributed by atoms with Crippen LogP contribution >= 0.6 is 0 Å². The average Bonchev–Trinajstić information content (AvgIpc) is 3.20. The Labute approximate surface area is 171 Å². The molecule has 0 aliphatic rings. The van der Waals surface area contributed by atoms with Gasteiger partial charge in [-0.25, -0.2) is 27.2 Å². The molecule has 4 aromatic rings. The highest BCUT2D eigenvalue weighted by molar-refractivity contribution is 6.02. The first-order chi connectivity index (χ1) is 14.5. The molecule has 0 aliphatic heterocycles. The summed E-state index contributed by atoms with van der Waals surface area (Å²) in [6, 6.07) is 3.68. The molecule has 2 aromatic heterocycles. The number of esters is 1. The third kappa shape index (κ3) is 3.91. The maximum atomic E-state index is 13.0. The SMILES string of the molecule is COC(=O)c1nn(C)c2cc(F)c(F)cc12.Cn1nc(C(=O)O)c2cc(F)c(F)cc21. The minimum atomic E-state index is -1.27. The quantitative estimate of drug-likeness (QED) is 0.381. The number of carbonyl (C=O) groups is 2. The maximum absolute atomic E-state index is 13.0. The van der Waals surface area contributed by atoms with Crippen molar-refractivity contribution in [3.63, 3.8) is 0 Å². The number of aromatic carboxylic acids is 1. The molecule has 0 aliphatic carbocycles. The van der Waals surface area contributed by atoms with Gasteiger partial charge in [-0.05, 0) is 12.1 Å². The summed E-state index contributed by atoms with van der Waals surface area (Å²) in [4.78, 5) is 22.1. The number of carboxylic acid groups (broad SMARTS) is 1. The molecule has 0 fully saturated rings. The van der Waals surface area contributed by atoms with Gasteiger partial charge < -0.3 is 9.84 Å². The van der Waals surface area contributed by atoms with Crippen LogP contribution in [0.3, 0.4) is 0 Å². The number of hydrogen-bond donors (Lipinski definition) is 1. The number of hydrogen-bond acceptors (Lipinski definition) is 5. The van der Waals surface area contributed by atoms with Crippen LogP contribution in [0.2, 0.25) is 0 Å². The third-order valence-electron chi connectivity index (χ3n) is 4.37. The summed E-state index contributed by atoms with van der Waals surface area (Å²) in [5.41, 5.74) is 0.260. The van der Waals surface area contributed by atoms with Crippen LogP contribution < -0.4 is 0 Å². The number of ether oxygens (including phenoxy) is 1. The van der Waals surface area contributed by atoms with Crippen molar-refractivity contribution in [2.45, 2.75) is 0 Å². The molecule has 8 nitrogen and oxygen atoms in total. The molecule has 2 aromatic carbocycles. The molecule has 1 N–H and O–H groups in total. The van der Waals surface area contributed by atoms with Gasteiger partial charge >= 0.3 is 11.9 Å². The van der Waals surface area contributed by atoms with Crippen molar-refractivity contribution < 1.29 is 37.0 Å². The number of aryl methyl sites for hydroxylation is 2. The summed E-state index contributed by atoms with van der Waals surface area (Å²) >= 11 is 0. The van der Waals surface area contributed by atoms with Gasteiger partial charge in [-0.3, -0.25) is 9.36 Å². The molecule has 0 spiro atoms. The number of carboxylic acids is 1. The van der Waals surface area contributed by atoms with E-state index in [0.29, 0.717) is 5.52 Å². The summed E-state index contributed by atoms with van der Waals surface area (Å²) in [6.07, 6.45) is 0. The summed E-state index contributed by atoms with van der Waals surface area (Å²) in [5, 5.41) is 16.6. The second-order valence-electron chi connectivity index (χ2n) is 6.31. The number of halogens is 4. The number of aromatic nitrogens is 4. The first-order valence-electron chi connectivity index (χ1n) is 8.50. The van der Waals surface area contributed by atoms with E-state index in [1.165, 1.54) is 30.6 Å². The van der Waals surface area contributed by atoms with Crippen LogP contribution in [0.25, 0.3) is 21.8 Å². The van der Waals surface area contributed by atoms with Crippen LogP contribution in [-0.2, 0) is 18.8 Å². The Bertz CT molecular complexity index is 1350. The lowest BCUT2D eigenvalue weighted by Crippen LogP contribution is -2.03. The number of benzene rings is 2. The van der Waals surface area contributed by atoms with Crippen LogP contribution in [0.4, 0.5) is 17.6 Å². The molecular weight excluding hydrogens is 424 g/mol. The minimum Gasteiger partial charge on any atom is -0.476 e. The number of methoxy groups -OCH3 is 1. The summed E-state index contributed by atoms with van der Waals surface area (Å²) < 4.78 is 58.8. The third-order valence-corrected chi connectivity index (χ3v) is 4.37. The largest absolute Gasteiger partial charge is 0.476 e. The zero-order chi connectivity index (χ0) is 23.0. The van der Waals surface area contributed by atoms with Crippen molar-refractivity contribution in [1.29, 1.82) is 0 Å². The lowest BCUT2D eigenvalue weighted by molar-refractivity contribution is 0.0594. The van der Waals surface area contributed by atoms with Crippen molar-refractivity contribution in [3.8, 4) is 0 Å². The molecule has 4 rings (SSSR count). The van der Waals surface area contributed by atoms with E-state index < -0.39 is 35.2 Å². The average molecular weight is 438 g/mol. The lowest BCUT2D eigenvalue weighted by atomic mass is 10.2. The predicted molar refractivity (Wildman–Crippen MR) is 99.6 cm³/mol. The van der Waals surface area contributed by atoms with E-state index in [2.05, 4.69) is 14.9 Å². The van der Waals surface area contributed by atoms with E-state index in [1.807, 2.05) is 0 Å². The second-order valence-corrected chi connectivity index (χ2v) is 6.31. The fraction of sp³-hybridized carbons (Fsp3) is 0.158. The van der Waals surface area contributed by atoms with Crippen LogP contribution in [-0.4, -0.2) is 43.7 Å². The van der Waals surface area contributed by atoms with Gasteiger partial charge in [-0.1, -0.05) is 0 Å². The topological polar surface area (TPSA) is 99.2 Å². The highest BCUT2D eigenvalue weighted by Crippen LogP contribution is 2.22. The van der Waals surface area contributed by atoms with Crippen LogP contribution in [0.5, 0.6) is 0 Å². The van der Waals surface area contributed by atoms with Crippen LogP contribution in [0.15, 0.2) is 24.3 Å². The molecule has 0 bridgehead atoms. The van der Waals surface area contributed by atoms with E-state index in [4.69, 9.17) is 5.11 Å². The van der Waals surface area contributed by atoms with Crippen molar-refractivity contribution in [2.24, 2.45) is 14.1 Å². The number of carbonyl (C=O) groups excluding carboxylic acids is 1. The van der Waals surface area contributed by atoms with E-state index in [0.717, 1.165) is 24.3 Å². The molecule has 0 unspecified atom stereocenters. The monoisotopic (exact) mass is 438 g/mol. The number of fused-ring (bicyclic) bond motifs is 2. The van der Waals surface area contributed by atoms with E-state index in [9.17, 15) is 27.2 Å². The van der Waals surface area contributed by atoms with Crippen molar-refractivity contribution in [3.05, 3.63) is 58.9 Å². The van der Waals surface area contributed by atoms with E-state index >= 15 is 0 Å². The Morgan fingerprint density at radius 3 is 1.61 bits per heavy atom.